The Hall–Kier alpha value is -2.61. The molecule has 0 atom stereocenters. The number of hydrogen-bond donors (Lipinski definition) is 0. The summed E-state index contributed by atoms with van der Waals surface area (Å²) < 4.78 is 22.3. The van der Waals surface area contributed by atoms with Crippen LogP contribution in [0.3, 0.4) is 0 Å². The molecular formula is C14H13FN2O2. The van der Waals surface area contributed by atoms with E-state index in [4.69, 9.17) is 15.9 Å². The standard InChI is InChI=1S/C8H9FO2.C6H4N2/c1-10-7-4-3-6(9)5-8(7)11-2;1-2-6-3-7-5-8-4-6/h3-5H,1-2H3;1,3-5H. The van der Waals surface area contributed by atoms with Crippen LogP contribution >= 0.6 is 0 Å². The molecule has 2 rings (SSSR count). The van der Waals surface area contributed by atoms with Crippen LogP contribution in [0.5, 0.6) is 11.5 Å². The second-order valence-electron chi connectivity index (χ2n) is 3.27. The second kappa shape index (κ2) is 7.67. The summed E-state index contributed by atoms with van der Waals surface area (Å²) in [7, 11) is 2.98. The molecule has 1 aromatic carbocycles. The number of terminal acetylenes is 1. The van der Waals surface area contributed by atoms with Crippen molar-refractivity contribution < 1.29 is 13.9 Å². The Balaban J connectivity index is 0.000000200. The monoisotopic (exact) mass is 260 g/mol. The van der Waals surface area contributed by atoms with E-state index in [9.17, 15) is 4.39 Å². The molecule has 4 nitrogen and oxygen atoms in total. The predicted molar refractivity (Wildman–Crippen MR) is 69.5 cm³/mol. The van der Waals surface area contributed by atoms with Crippen LogP contribution < -0.4 is 9.47 Å². The fraction of sp³-hybridized carbons (Fsp3) is 0.143. The molecule has 5 heteroatoms. The molecule has 2 aromatic rings. The molecule has 0 aliphatic carbocycles. The van der Waals surface area contributed by atoms with E-state index in [0.717, 1.165) is 0 Å². The lowest BCUT2D eigenvalue weighted by Gasteiger charge is -2.05. The molecule has 0 aliphatic heterocycles. The van der Waals surface area contributed by atoms with E-state index < -0.39 is 0 Å². The SMILES string of the molecule is C#Cc1cncnc1.COc1ccc(F)cc1OC. The highest BCUT2D eigenvalue weighted by atomic mass is 19.1. The van der Waals surface area contributed by atoms with Gasteiger partial charge in [0.25, 0.3) is 0 Å². The van der Waals surface area contributed by atoms with E-state index in [1.807, 2.05) is 0 Å². The molecule has 19 heavy (non-hydrogen) atoms. The van der Waals surface area contributed by atoms with Gasteiger partial charge in [-0.1, -0.05) is 5.92 Å². The first-order valence-corrected chi connectivity index (χ1v) is 5.30. The van der Waals surface area contributed by atoms with E-state index >= 15 is 0 Å². The Morgan fingerprint density at radius 1 is 1.11 bits per heavy atom. The van der Waals surface area contributed by atoms with Crippen LogP contribution in [0.1, 0.15) is 5.56 Å². The van der Waals surface area contributed by atoms with Crippen LogP contribution in [0.25, 0.3) is 0 Å². The molecule has 0 radical (unpaired) electrons. The van der Waals surface area contributed by atoms with Crippen molar-refractivity contribution in [2.45, 2.75) is 0 Å². The Morgan fingerprint density at radius 2 is 1.74 bits per heavy atom. The summed E-state index contributed by atoms with van der Waals surface area (Å²) in [4.78, 5) is 7.40. The van der Waals surface area contributed by atoms with E-state index in [-0.39, 0.29) is 5.82 Å². The zero-order valence-electron chi connectivity index (χ0n) is 10.6. The van der Waals surface area contributed by atoms with Crippen LogP contribution in [-0.2, 0) is 0 Å². The zero-order valence-corrected chi connectivity index (χ0v) is 10.6. The van der Waals surface area contributed by atoms with E-state index in [1.54, 1.807) is 12.4 Å². The number of hydrogen-bond acceptors (Lipinski definition) is 4. The Labute approximate surface area is 111 Å². The minimum atomic E-state index is -0.331. The number of aromatic nitrogens is 2. The lowest BCUT2D eigenvalue weighted by Crippen LogP contribution is -1.90. The van der Waals surface area contributed by atoms with E-state index in [0.29, 0.717) is 17.1 Å². The van der Waals surface area contributed by atoms with Crippen LogP contribution in [0, 0.1) is 18.2 Å². The number of methoxy groups -OCH3 is 2. The lowest BCUT2D eigenvalue weighted by atomic mass is 10.3. The predicted octanol–water partition coefficient (Wildman–Crippen LogP) is 2.30. The molecule has 98 valence electrons. The van der Waals surface area contributed by atoms with E-state index in [1.165, 1.54) is 38.7 Å². The van der Waals surface area contributed by atoms with Crippen molar-refractivity contribution in [1.82, 2.24) is 9.97 Å². The summed E-state index contributed by atoms with van der Waals surface area (Å²) in [5.74, 6) is 3.02. The number of benzene rings is 1. The summed E-state index contributed by atoms with van der Waals surface area (Å²) in [5, 5.41) is 0. The molecule has 0 bridgehead atoms. The Bertz CT molecular complexity index is 553. The van der Waals surface area contributed by atoms with Gasteiger partial charge in [-0.2, -0.15) is 0 Å². The normalized spacial score (nSPS) is 8.74. The lowest BCUT2D eigenvalue weighted by molar-refractivity contribution is 0.352. The number of ether oxygens (including phenoxy) is 2. The largest absolute Gasteiger partial charge is 0.493 e. The topological polar surface area (TPSA) is 44.2 Å². The van der Waals surface area contributed by atoms with Crippen molar-refractivity contribution >= 4 is 0 Å². The molecule has 0 amide bonds. The third-order valence-electron chi connectivity index (χ3n) is 2.07. The first-order valence-electron chi connectivity index (χ1n) is 5.30. The van der Waals surface area contributed by atoms with Crippen LogP contribution in [0.4, 0.5) is 4.39 Å². The van der Waals surface area contributed by atoms with Gasteiger partial charge in [-0.05, 0) is 12.1 Å². The second-order valence-corrected chi connectivity index (χ2v) is 3.27. The van der Waals surface area contributed by atoms with Gasteiger partial charge in [-0.3, -0.25) is 0 Å². The maximum atomic E-state index is 12.5. The third-order valence-corrected chi connectivity index (χ3v) is 2.07. The molecule has 0 N–H and O–H groups in total. The van der Waals surface area contributed by atoms with Crippen molar-refractivity contribution in [1.29, 1.82) is 0 Å². The number of rotatable bonds is 2. The molecular weight excluding hydrogens is 247 g/mol. The Kier molecular flexibility index (Phi) is 5.83. The molecule has 0 saturated carbocycles. The fourth-order valence-corrected chi connectivity index (χ4v) is 1.18. The minimum Gasteiger partial charge on any atom is -0.493 e. The van der Waals surface area contributed by atoms with Crippen molar-refractivity contribution in [2.24, 2.45) is 0 Å². The highest BCUT2D eigenvalue weighted by molar-refractivity contribution is 5.39. The summed E-state index contributed by atoms with van der Waals surface area (Å²) in [6, 6.07) is 4.12. The maximum absolute atomic E-state index is 12.5. The average Bonchev–Trinajstić information content (AvgIpc) is 2.48. The molecule has 0 saturated heterocycles. The highest BCUT2D eigenvalue weighted by Gasteiger charge is 2.02. The number of nitrogens with zero attached hydrogens (tertiary/aromatic N) is 2. The summed E-state index contributed by atoms with van der Waals surface area (Å²) in [6.45, 7) is 0. The van der Waals surface area contributed by atoms with Gasteiger partial charge >= 0.3 is 0 Å². The van der Waals surface area contributed by atoms with Crippen molar-refractivity contribution in [2.75, 3.05) is 14.2 Å². The molecule has 0 fully saturated rings. The zero-order chi connectivity index (χ0) is 14.1. The number of halogens is 1. The highest BCUT2D eigenvalue weighted by Crippen LogP contribution is 2.26. The quantitative estimate of drug-likeness (QED) is 0.777. The van der Waals surface area contributed by atoms with Crippen LogP contribution in [0.15, 0.2) is 36.9 Å². The summed E-state index contributed by atoms with van der Waals surface area (Å²) >= 11 is 0. The van der Waals surface area contributed by atoms with Crippen molar-refractivity contribution in [3.8, 4) is 23.8 Å². The van der Waals surface area contributed by atoms with Crippen LogP contribution in [-0.4, -0.2) is 24.2 Å². The fourth-order valence-electron chi connectivity index (χ4n) is 1.18. The first kappa shape index (κ1) is 14.5. The van der Waals surface area contributed by atoms with Crippen LogP contribution in [0.2, 0.25) is 0 Å². The first-order chi connectivity index (χ1) is 9.21. The van der Waals surface area contributed by atoms with Gasteiger partial charge in [0.2, 0.25) is 0 Å². The minimum absolute atomic E-state index is 0.331. The molecule has 1 aromatic heterocycles. The van der Waals surface area contributed by atoms with E-state index in [2.05, 4.69) is 15.9 Å². The van der Waals surface area contributed by atoms with Gasteiger partial charge in [0.05, 0.1) is 19.8 Å². The van der Waals surface area contributed by atoms with Gasteiger partial charge in [0, 0.05) is 18.5 Å². The summed E-state index contributed by atoms with van der Waals surface area (Å²) in [6.07, 6.45) is 9.65. The average molecular weight is 260 g/mol. The molecule has 1 heterocycles. The Morgan fingerprint density at radius 3 is 2.21 bits per heavy atom. The van der Waals surface area contributed by atoms with Gasteiger partial charge in [-0.15, -0.1) is 6.42 Å². The van der Waals surface area contributed by atoms with Crippen molar-refractivity contribution in [3.63, 3.8) is 0 Å². The summed E-state index contributed by atoms with van der Waals surface area (Å²) in [5.41, 5.74) is 0.715. The maximum Gasteiger partial charge on any atom is 0.163 e. The molecule has 0 unspecified atom stereocenters. The molecule has 0 spiro atoms. The van der Waals surface area contributed by atoms with Gasteiger partial charge < -0.3 is 9.47 Å². The van der Waals surface area contributed by atoms with Gasteiger partial charge in [-0.25, -0.2) is 14.4 Å². The van der Waals surface area contributed by atoms with Gasteiger partial charge in [0.1, 0.15) is 12.1 Å². The third kappa shape index (κ3) is 4.64. The smallest absolute Gasteiger partial charge is 0.163 e. The van der Waals surface area contributed by atoms with Crippen molar-refractivity contribution in [3.05, 3.63) is 48.3 Å². The molecule has 0 aliphatic rings. The van der Waals surface area contributed by atoms with Gasteiger partial charge in [0.15, 0.2) is 11.5 Å².